The first-order chi connectivity index (χ1) is 8.62. The van der Waals surface area contributed by atoms with Gasteiger partial charge in [-0.1, -0.05) is 0 Å². The third-order valence-corrected chi connectivity index (χ3v) is 1.27. The van der Waals surface area contributed by atoms with E-state index in [4.69, 9.17) is 19.0 Å². The Kier molecular flexibility index (Phi) is 33.4. The van der Waals surface area contributed by atoms with Gasteiger partial charge in [-0.15, -0.1) is 0 Å². The molecule has 0 aliphatic rings. The third kappa shape index (κ3) is 31.3. The normalized spacial score (nSPS) is 6.63. The van der Waals surface area contributed by atoms with Crippen LogP contribution in [0.4, 0.5) is 0 Å². The summed E-state index contributed by atoms with van der Waals surface area (Å²) in [4.78, 5) is 26.3. The first kappa shape index (κ1) is 25.6. The van der Waals surface area contributed by atoms with Crippen LogP contribution in [0.3, 0.4) is 0 Å². The van der Waals surface area contributed by atoms with Crippen LogP contribution in [0.2, 0.25) is 0 Å². The number of methoxy groups -OCH3 is 1. The SMILES string of the molecule is NN.O.[C-]#[N+]CCC(=O)NN.[C-]#[N+]CCC(=O)OC. The summed E-state index contributed by atoms with van der Waals surface area (Å²) in [5.74, 6) is 12.1. The fourth-order valence-electron chi connectivity index (χ4n) is 0.479. The van der Waals surface area contributed by atoms with E-state index < -0.39 is 0 Å². The lowest BCUT2D eigenvalue weighted by molar-refractivity contribution is -0.140. The maximum absolute atomic E-state index is 10.2. The molecule has 0 saturated carbocycles. The van der Waals surface area contributed by atoms with E-state index in [1.165, 1.54) is 7.11 Å². The molecule has 0 atom stereocenters. The second-order valence-electron chi connectivity index (χ2n) is 2.41. The van der Waals surface area contributed by atoms with E-state index in [0.29, 0.717) is 0 Å². The number of hydrogen-bond donors (Lipinski definition) is 4. The molecule has 0 fully saturated rings. The van der Waals surface area contributed by atoms with E-state index in [9.17, 15) is 9.59 Å². The number of esters is 1. The molecule has 10 heteroatoms. The molecule has 9 N–H and O–H groups in total. The molecular formula is C9H20N6O4. The van der Waals surface area contributed by atoms with Crippen LogP contribution in [0, 0.1) is 13.1 Å². The van der Waals surface area contributed by atoms with Gasteiger partial charge in [0.25, 0.3) is 0 Å². The smallest absolute Gasteiger partial charge is 0.313 e. The number of nitrogens with zero attached hydrogens (tertiary/aromatic N) is 2. The monoisotopic (exact) mass is 276 g/mol. The van der Waals surface area contributed by atoms with Gasteiger partial charge in [0, 0.05) is 0 Å². The number of amides is 1. The minimum atomic E-state index is -0.319. The van der Waals surface area contributed by atoms with Crippen LogP contribution in [-0.2, 0) is 14.3 Å². The van der Waals surface area contributed by atoms with Crippen LogP contribution < -0.4 is 23.0 Å². The van der Waals surface area contributed by atoms with Gasteiger partial charge < -0.3 is 19.9 Å². The molecule has 0 unspecified atom stereocenters. The van der Waals surface area contributed by atoms with Crippen molar-refractivity contribution in [2.24, 2.45) is 17.5 Å². The molecule has 0 bridgehead atoms. The maximum atomic E-state index is 10.2. The number of rotatable bonds is 4. The second kappa shape index (κ2) is 24.8. The predicted octanol–water partition coefficient (Wildman–Crippen LogP) is -2.25. The van der Waals surface area contributed by atoms with Crippen LogP contribution in [0.1, 0.15) is 12.8 Å². The Bertz CT molecular complexity index is 266. The fourth-order valence-corrected chi connectivity index (χ4v) is 0.479. The van der Waals surface area contributed by atoms with Crippen molar-refractivity contribution in [3.63, 3.8) is 0 Å². The number of carbonyl (C=O) groups excluding carboxylic acids is 2. The summed E-state index contributed by atoms with van der Waals surface area (Å²) in [5.41, 5.74) is 1.92. The molecule has 0 rings (SSSR count). The highest BCUT2D eigenvalue weighted by Crippen LogP contribution is 1.82. The molecular weight excluding hydrogens is 256 g/mol. The van der Waals surface area contributed by atoms with E-state index in [2.05, 4.69) is 26.1 Å². The molecule has 0 saturated heterocycles. The number of ether oxygens (including phenoxy) is 1. The molecule has 0 aromatic heterocycles. The zero-order chi connectivity index (χ0) is 14.8. The summed E-state index contributed by atoms with van der Waals surface area (Å²) in [6.45, 7) is 13.0. The average molecular weight is 276 g/mol. The van der Waals surface area contributed by atoms with Crippen molar-refractivity contribution in [3.05, 3.63) is 22.8 Å². The Morgan fingerprint density at radius 3 is 1.89 bits per heavy atom. The van der Waals surface area contributed by atoms with Crippen molar-refractivity contribution >= 4 is 11.9 Å². The molecule has 0 heterocycles. The topological polar surface area (TPSA) is 174 Å². The Labute approximate surface area is 111 Å². The largest absolute Gasteiger partial charge is 0.469 e. The molecule has 0 spiro atoms. The van der Waals surface area contributed by atoms with E-state index in [-0.39, 0.29) is 43.3 Å². The van der Waals surface area contributed by atoms with Crippen molar-refractivity contribution in [3.8, 4) is 0 Å². The van der Waals surface area contributed by atoms with Crippen LogP contribution >= 0.6 is 0 Å². The lowest BCUT2D eigenvalue weighted by atomic mass is 10.4. The molecule has 10 nitrogen and oxygen atoms in total. The highest BCUT2D eigenvalue weighted by Gasteiger charge is 1.98. The Morgan fingerprint density at radius 1 is 1.16 bits per heavy atom. The van der Waals surface area contributed by atoms with Gasteiger partial charge in [0.15, 0.2) is 0 Å². The van der Waals surface area contributed by atoms with E-state index in [1.54, 1.807) is 0 Å². The van der Waals surface area contributed by atoms with Gasteiger partial charge in [0.2, 0.25) is 19.0 Å². The molecule has 0 aliphatic heterocycles. The number of carbonyl (C=O) groups is 2. The Hall–Kier alpha value is -2.24. The minimum absolute atomic E-state index is 0. The molecule has 0 aromatic carbocycles. The molecule has 0 aromatic rings. The van der Waals surface area contributed by atoms with Crippen molar-refractivity contribution in [2.75, 3.05) is 20.2 Å². The van der Waals surface area contributed by atoms with Crippen LogP contribution in [0.15, 0.2) is 0 Å². The van der Waals surface area contributed by atoms with E-state index >= 15 is 0 Å². The molecule has 0 radical (unpaired) electrons. The number of nitrogens with one attached hydrogen (secondary N) is 1. The molecule has 1 amide bonds. The van der Waals surface area contributed by atoms with Crippen molar-refractivity contribution < 1.29 is 19.8 Å². The minimum Gasteiger partial charge on any atom is -0.469 e. The summed E-state index contributed by atoms with van der Waals surface area (Å²) in [6.07, 6.45) is 0.403. The number of hydrogen-bond acceptors (Lipinski definition) is 6. The Balaban J connectivity index is -0.0000000999. The average Bonchev–Trinajstić information content (AvgIpc) is 2.44. The van der Waals surface area contributed by atoms with Gasteiger partial charge >= 0.3 is 5.97 Å². The van der Waals surface area contributed by atoms with Gasteiger partial charge in [0.1, 0.15) is 12.8 Å². The van der Waals surface area contributed by atoms with Gasteiger partial charge in [-0.2, -0.15) is 0 Å². The quantitative estimate of drug-likeness (QED) is 0.148. The second-order valence-corrected chi connectivity index (χ2v) is 2.41. The van der Waals surface area contributed by atoms with Gasteiger partial charge in [-0.3, -0.25) is 26.7 Å². The first-order valence-corrected chi connectivity index (χ1v) is 4.68. The van der Waals surface area contributed by atoms with Gasteiger partial charge in [0.05, 0.1) is 7.11 Å². The van der Waals surface area contributed by atoms with Crippen molar-refractivity contribution in [1.82, 2.24) is 5.43 Å². The lowest BCUT2D eigenvalue weighted by Gasteiger charge is -1.88. The van der Waals surface area contributed by atoms with Crippen molar-refractivity contribution in [1.29, 1.82) is 0 Å². The fraction of sp³-hybridized carbons (Fsp3) is 0.556. The van der Waals surface area contributed by atoms with Gasteiger partial charge in [-0.05, 0) is 0 Å². The molecule has 110 valence electrons. The summed E-state index contributed by atoms with van der Waals surface area (Å²) in [6, 6.07) is 0. The summed E-state index contributed by atoms with van der Waals surface area (Å²) < 4.78 is 4.27. The number of nitrogens with two attached hydrogens (primary N) is 3. The first-order valence-electron chi connectivity index (χ1n) is 4.68. The maximum Gasteiger partial charge on any atom is 0.313 e. The van der Waals surface area contributed by atoms with E-state index in [1.807, 2.05) is 5.43 Å². The zero-order valence-electron chi connectivity index (χ0n) is 10.7. The van der Waals surface area contributed by atoms with Gasteiger partial charge in [-0.25, -0.2) is 19.0 Å². The number of hydrazine groups is 2. The Morgan fingerprint density at radius 2 is 1.58 bits per heavy atom. The van der Waals surface area contributed by atoms with Crippen molar-refractivity contribution in [2.45, 2.75) is 12.8 Å². The summed E-state index contributed by atoms with van der Waals surface area (Å²) in [5, 5.41) is 0. The molecule has 0 aliphatic carbocycles. The van der Waals surface area contributed by atoms with Crippen LogP contribution in [0.5, 0.6) is 0 Å². The zero-order valence-corrected chi connectivity index (χ0v) is 10.7. The highest BCUT2D eigenvalue weighted by atomic mass is 16.5. The third-order valence-electron chi connectivity index (χ3n) is 1.27. The molecule has 19 heavy (non-hydrogen) atoms. The van der Waals surface area contributed by atoms with E-state index in [0.717, 1.165) is 0 Å². The van der Waals surface area contributed by atoms with Crippen LogP contribution in [-0.4, -0.2) is 37.6 Å². The highest BCUT2D eigenvalue weighted by molar-refractivity contribution is 5.75. The van der Waals surface area contributed by atoms with Crippen LogP contribution in [0.25, 0.3) is 9.69 Å². The standard InChI is InChI=1S/C5H7NO2.C4H7N3O.H4N2.H2O/c1-6-4-3-5(7)8-2;1-6-3-2-4(8)7-5;1-2;/h3-4H2,2H3;2-3,5H2,(H,7,8);1-2H2;1H2. The summed E-state index contributed by atoms with van der Waals surface area (Å²) >= 11 is 0. The lowest BCUT2D eigenvalue weighted by Crippen LogP contribution is -2.30. The summed E-state index contributed by atoms with van der Waals surface area (Å²) in [7, 11) is 1.31. The predicted molar refractivity (Wildman–Crippen MR) is 68.5 cm³/mol.